The van der Waals surface area contributed by atoms with Gasteiger partial charge in [0.15, 0.2) is 0 Å². The number of hydrogen-bond donors (Lipinski definition) is 0. The van der Waals surface area contributed by atoms with Crippen LogP contribution in [0.3, 0.4) is 0 Å². The molecule has 0 aliphatic rings. The molecule has 0 fully saturated rings. The van der Waals surface area contributed by atoms with E-state index in [1.165, 1.54) is 4.31 Å². The van der Waals surface area contributed by atoms with E-state index in [9.17, 15) is 8.42 Å². The Bertz CT molecular complexity index is 640. The van der Waals surface area contributed by atoms with Crippen LogP contribution in [0.15, 0.2) is 47.4 Å². The maximum atomic E-state index is 12.5. The molecule has 2 aromatic rings. The van der Waals surface area contributed by atoms with Crippen LogP contribution < -0.4 is 0 Å². The monoisotopic (exact) mass is 263 g/mol. The standard InChI is InChI=1S/C14H17NO2S/c1-3-15(4-2)18(16,17)14-11-7-9-12-8-5-6-10-13(12)14/h5-11H,3-4H2,1-2H3. The van der Waals surface area contributed by atoms with Crippen LogP contribution in [-0.4, -0.2) is 25.8 Å². The third kappa shape index (κ3) is 2.13. The zero-order valence-electron chi connectivity index (χ0n) is 10.6. The van der Waals surface area contributed by atoms with Gasteiger partial charge >= 0.3 is 0 Å². The molecule has 0 saturated carbocycles. The molecule has 0 aliphatic heterocycles. The van der Waals surface area contributed by atoms with Crippen LogP contribution in [0, 0.1) is 0 Å². The molecule has 0 radical (unpaired) electrons. The summed E-state index contributed by atoms with van der Waals surface area (Å²) in [5.41, 5.74) is 0. The molecule has 96 valence electrons. The maximum Gasteiger partial charge on any atom is 0.243 e. The van der Waals surface area contributed by atoms with Crippen LogP contribution >= 0.6 is 0 Å². The first-order valence-electron chi connectivity index (χ1n) is 6.09. The Morgan fingerprint density at radius 3 is 2.22 bits per heavy atom. The molecule has 18 heavy (non-hydrogen) atoms. The van der Waals surface area contributed by atoms with Crippen molar-refractivity contribution in [2.24, 2.45) is 0 Å². The molecule has 4 heteroatoms. The van der Waals surface area contributed by atoms with Crippen molar-refractivity contribution in [2.75, 3.05) is 13.1 Å². The summed E-state index contributed by atoms with van der Waals surface area (Å²) in [6.07, 6.45) is 0. The Labute approximate surface area is 108 Å². The third-order valence-electron chi connectivity index (χ3n) is 3.07. The summed E-state index contributed by atoms with van der Waals surface area (Å²) < 4.78 is 26.5. The van der Waals surface area contributed by atoms with Crippen molar-refractivity contribution in [3.63, 3.8) is 0 Å². The first kappa shape index (κ1) is 13.1. The van der Waals surface area contributed by atoms with Gasteiger partial charge in [-0.1, -0.05) is 50.2 Å². The zero-order valence-corrected chi connectivity index (χ0v) is 11.4. The highest BCUT2D eigenvalue weighted by molar-refractivity contribution is 7.89. The summed E-state index contributed by atoms with van der Waals surface area (Å²) in [4.78, 5) is 0.393. The first-order chi connectivity index (χ1) is 8.61. The Kier molecular flexibility index (Phi) is 3.68. The maximum absolute atomic E-state index is 12.5. The molecule has 0 N–H and O–H groups in total. The van der Waals surface area contributed by atoms with E-state index in [1.54, 1.807) is 12.1 Å². The van der Waals surface area contributed by atoms with Gasteiger partial charge in [-0.2, -0.15) is 4.31 Å². The minimum atomic E-state index is -3.39. The second-order valence-corrected chi connectivity index (χ2v) is 5.97. The van der Waals surface area contributed by atoms with Gasteiger partial charge in [0.05, 0.1) is 4.90 Å². The number of rotatable bonds is 4. The van der Waals surface area contributed by atoms with Gasteiger partial charge in [-0.3, -0.25) is 0 Å². The van der Waals surface area contributed by atoms with Crippen molar-refractivity contribution in [3.8, 4) is 0 Å². The van der Waals surface area contributed by atoms with E-state index >= 15 is 0 Å². The number of sulfonamides is 1. The minimum absolute atomic E-state index is 0.393. The average Bonchev–Trinajstić information content (AvgIpc) is 2.39. The van der Waals surface area contributed by atoms with Gasteiger partial charge in [-0.15, -0.1) is 0 Å². The largest absolute Gasteiger partial charge is 0.243 e. The second-order valence-electron chi connectivity index (χ2n) is 4.07. The molecule has 0 bridgehead atoms. The third-order valence-corrected chi connectivity index (χ3v) is 5.18. The Morgan fingerprint density at radius 2 is 1.56 bits per heavy atom. The van der Waals surface area contributed by atoms with Gasteiger partial charge < -0.3 is 0 Å². The van der Waals surface area contributed by atoms with Crippen LogP contribution in [0.1, 0.15) is 13.8 Å². The number of fused-ring (bicyclic) bond motifs is 1. The van der Waals surface area contributed by atoms with Crippen LogP contribution in [-0.2, 0) is 10.0 Å². The molecule has 0 atom stereocenters. The number of nitrogens with zero attached hydrogens (tertiary/aromatic N) is 1. The van der Waals surface area contributed by atoms with Gasteiger partial charge in [0.2, 0.25) is 10.0 Å². The molecule has 0 spiro atoms. The quantitative estimate of drug-likeness (QED) is 0.850. The van der Waals surface area contributed by atoms with Gasteiger partial charge in [-0.25, -0.2) is 8.42 Å². The highest BCUT2D eigenvalue weighted by Gasteiger charge is 2.23. The molecule has 0 aliphatic carbocycles. The van der Waals surface area contributed by atoms with E-state index in [0.717, 1.165) is 10.8 Å². The fraction of sp³-hybridized carbons (Fsp3) is 0.286. The normalized spacial score (nSPS) is 12.2. The second kappa shape index (κ2) is 5.08. The molecule has 2 rings (SSSR count). The molecule has 3 nitrogen and oxygen atoms in total. The molecule has 2 aromatic carbocycles. The summed E-state index contributed by atoms with van der Waals surface area (Å²) in [6.45, 7) is 4.68. The molecule has 0 unspecified atom stereocenters. The van der Waals surface area contributed by atoms with Crippen molar-refractivity contribution in [1.29, 1.82) is 0 Å². The SMILES string of the molecule is CCN(CC)S(=O)(=O)c1cccc2ccccc12. The highest BCUT2D eigenvalue weighted by atomic mass is 32.2. The van der Waals surface area contributed by atoms with Crippen molar-refractivity contribution in [1.82, 2.24) is 4.31 Å². The lowest BCUT2D eigenvalue weighted by molar-refractivity contribution is 0.446. The average molecular weight is 263 g/mol. The van der Waals surface area contributed by atoms with Gasteiger partial charge in [0.1, 0.15) is 0 Å². The Hall–Kier alpha value is -1.39. The van der Waals surface area contributed by atoms with Gasteiger partial charge in [0.25, 0.3) is 0 Å². The summed E-state index contributed by atoms with van der Waals surface area (Å²) in [6, 6.07) is 13.0. The predicted molar refractivity (Wildman–Crippen MR) is 74.1 cm³/mol. The van der Waals surface area contributed by atoms with E-state index < -0.39 is 10.0 Å². The van der Waals surface area contributed by atoms with Crippen LogP contribution in [0.25, 0.3) is 10.8 Å². The lowest BCUT2D eigenvalue weighted by atomic mass is 10.1. The summed E-state index contributed by atoms with van der Waals surface area (Å²) >= 11 is 0. The Morgan fingerprint density at radius 1 is 0.944 bits per heavy atom. The van der Waals surface area contributed by atoms with Gasteiger partial charge in [-0.05, 0) is 11.5 Å². The van der Waals surface area contributed by atoms with E-state index in [-0.39, 0.29) is 0 Å². The predicted octanol–water partition coefficient (Wildman–Crippen LogP) is 2.87. The lowest BCUT2D eigenvalue weighted by Crippen LogP contribution is -2.30. The fourth-order valence-electron chi connectivity index (χ4n) is 2.12. The van der Waals surface area contributed by atoms with E-state index in [4.69, 9.17) is 0 Å². The van der Waals surface area contributed by atoms with Gasteiger partial charge in [0, 0.05) is 18.5 Å². The minimum Gasteiger partial charge on any atom is -0.207 e. The van der Waals surface area contributed by atoms with Crippen LogP contribution in [0.2, 0.25) is 0 Å². The van der Waals surface area contributed by atoms with E-state index in [0.29, 0.717) is 18.0 Å². The fourth-order valence-corrected chi connectivity index (χ4v) is 3.80. The summed E-state index contributed by atoms with van der Waals surface area (Å²) in [5, 5.41) is 1.73. The molecular weight excluding hydrogens is 246 g/mol. The Balaban J connectivity index is 2.68. The molecular formula is C14H17NO2S. The molecule has 0 amide bonds. The van der Waals surface area contributed by atoms with Crippen molar-refractivity contribution in [3.05, 3.63) is 42.5 Å². The van der Waals surface area contributed by atoms with Crippen molar-refractivity contribution in [2.45, 2.75) is 18.7 Å². The molecule has 0 saturated heterocycles. The van der Waals surface area contributed by atoms with Crippen molar-refractivity contribution >= 4 is 20.8 Å². The van der Waals surface area contributed by atoms with E-state index in [2.05, 4.69) is 0 Å². The van der Waals surface area contributed by atoms with Crippen LogP contribution in [0.4, 0.5) is 0 Å². The number of benzene rings is 2. The van der Waals surface area contributed by atoms with Crippen LogP contribution in [0.5, 0.6) is 0 Å². The number of hydrogen-bond acceptors (Lipinski definition) is 2. The zero-order chi connectivity index (χ0) is 13.2. The van der Waals surface area contributed by atoms with Crippen molar-refractivity contribution < 1.29 is 8.42 Å². The van der Waals surface area contributed by atoms with E-state index in [1.807, 2.05) is 44.2 Å². The topological polar surface area (TPSA) is 37.4 Å². The summed E-state index contributed by atoms with van der Waals surface area (Å²) in [5.74, 6) is 0. The molecule has 0 aromatic heterocycles. The first-order valence-corrected chi connectivity index (χ1v) is 7.53. The highest BCUT2D eigenvalue weighted by Crippen LogP contribution is 2.25. The summed E-state index contributed by atoms with van der Waals surface area (Å²) in [7, 11) is -3.39. The smallest absolute Gasteiger partial charge is 0.207 e. The molecule has 0 heterocycles. The lowest BCUT2D eigenvalue weighted by Gasteiger charge is -2.19.